The molecule has 1 aromatic rings. The lowest BCUT2D eigenvalue weighted by atomic mass is 9.96. The van der Waals surface area contributed by atoms with Crippen LogP contribution in [0, 0.1) is 11.7 Å². The molecule has 0 radical (unpaired) electrons. The number of urea groups is 1. The topological polar surface area (TPSA) is 63.3 Å². The van der Waals surface area contributed by atoms with E-state index in [-0.39, 0.29) is 30.3 Å². The van der Waals surface area contributed by atoms with Crippen LogP contribution < -0.4 is 10.2 Å². The van der Waals surface area contributed by atoms with E-state index >= 15 is 0 Å². The minimum absolute atomic E-state index is 0.0560. The van der Waals surface area contributed by atoms with E-state index in [1.54, 1.807) is 17.0 Å². The average Bonchev–Trinajstić information content (AvgIpc) is 3.22. The van der Waals surface area contributed by atoms with Crippen LogP contribution >= 0.6 is 0 Å². The summed E-state index contributed by atoms with van der Waals surface area (Å²) in [5.41, 5.74) is 1.01. The van der Waals surface area contributed by atoms with E-state index in [2.05, 4.69) is 5.32 Å². The fourth-order valence-corrected chi connectivity index (χ4v) is 4.44. The zero-order chi connectivity index (χ0) is 20.4. The molecule has 0 saturated carbocycles. The Balaban J connectivity index is 1.32. The smallest absolute Gasteiger partial charge is 0.321 e. The van der Waals surface area contributed by atoms with Crippen LogP contribution in [0.5, 0.6) is 0 Å². The normalized spacial score (nSPS) is 26.7. The Morgan fingerprint density at radius 1 is 1.10 bits per heavy atom. The number of carbonyl (C=O) groups excluding carboxylic acids is 1. The Labute approximate surface area is 171 Å². The van der Waals surface area contributed by atoms with Gasteiger partial charge in [0.1, 0.15) is 5.82 Å². The van der Waals surface area contributed by atoms with Gasteiger partial charge in [-0.3, -0.25) is 0 Å². The summed E-state index contributed by atoms with van der Waals surface area (Å²) >= 11 is 0. The van der Waals surface area contributed by atoms with Crippen molar-refractivity contribution in [2.75, 3.05) is 49.6 Å². The number of piperidine rings is 1. The summed E-state index contributed by atoms with van der Waals surface area (Å²) in [4.78, 5) is 16.3. The van der Waals surface area contributed by atoms with Crippen LogP contribution in [0.1, 0.15) is 26.7 Å². The third-order valence-electron chi connectivity index (χ3n) is 5.82. The first-order valence-electron chi connectivity index (χ1n) is 10.5. The molecule has 3 saturated heterocycles. The number of hydrogen-bond donors (Lipinski definition) is 1. The molecule has 160 valence electrons. The number of likely N-dealkylation sites (tertiary alicyclic amines) is 1. The molecule has 8 heteroatoms. The van der Waals surface area contributed by atoms with Crippen LogP contribution in [-0.2, 0) is 14.2 Å². The van der Waals surface area contributed by atoms with Gasteiger partial charge in [-0.05, 0) is 44.9 Å². The third-order valence-corrected chi connectivity index (χ3v) is 5.82. The van der Waals surface area contributed by atoms with Crippen molar-refractivity contribution in [1.82, 2.24) is 4.90 Å². The molecule has 2 amide bonds. The molecule has 0 unspecified atom stereocenters. The lowest BCUT2D eigenvalue weighted by Gasteiger charge is -2.37. The van der Waals surface area contributed by atoms with Crippen LogP contribution in [0.25, 0.3) is 0 Å². The molecular weight excluding hydrogens is 377 g/mol. The van der Waals surface area contributed by atoms with E-state index in [1.807, 2.05) is 18.7 Å². The molecule has 0 aromatic heterocycles. The number of hydrogen-bond acceptors (Lipinski definition) is 5. The maximum absolute atomic E-state index is 14.7. The summed E-state index contributed by atoms with van der Waals surface area (Å²) in [6.45, 7) is 7.86. The zero-order valence-electron chi connectivity index (χ0n) is 17.1. The highest BCUT2D eigenvalue weighted by Crippen LogP contribution is 2.28. The number of anilines is 2. The van der Waals surface area contributed by atoms with E-state index in [4.69, 9.17) is 14.2 Å². The lowest BCUT2D eigenvalue weighted by molar-refractivity contribution is -0.0950. The molecule has 3 aliphatic rings. The molecule has 0 aliphatic carbocycles. The molecule has 3 heterocycles. The second-order valence-corrected chi connectivity index (χ2v) is 8.19. The maximum atomic E-state index is 14.7. The molecule has 29 heavy (non-hydrogen) atoms. The molecule has 7 nitrogen and oxygen atoms in total. The molecule has 1 aromatic carbocycles. The number of ether oxygens (including phenoxy) is 3. The predicted octanol–water partition coefficient (Wildman–Crippen LogP) is 3.06. The summed E-state index contributed by atoms with van der Waals surface area (Å²) in [6, 6.07) is 4.69. The van der Waals surface area contributed by atoms with Gasteiger partial charge in [-0.15, -0.1) is 0 Å². The standard InChI is InChI=1S/C21H30FN3O4/c1-14-12-25(13-15(2)29-14)19-4-3-17(11-18(19)22)23-21(26)24-7-5-16(6-8-24)20-27-9-10-28-20/h3-4,11,14-16,20H,5-10,12-13H2,1-2H3,(H,23,26)/t14-,15-/m0/s1. The molecule has 3 aliphatic heterocycles. The summed E-state index contributed by atoms with van der Waals surface area (Å²) < 4.78 is 31.6. The van der Waals surface area contributed by atoms with Crippen molar-refractivity contribution in [2.45, 2.75) is 45.2 Å². The Morgan fingerprint density at radius 3 is 2.38 bits per heavy atom. The number of nitrogens with one attached hydrogen (secondary N) is 1. The Kier molecular flexibility index (Phi) is 6.22. The van der Waals surface area contributed by atoms with E-state index in [0.29, 0.717) is 56.7 Å². The van der Waals surface area contributed by atoms with Gasteiger partial charge in [-0.1, -0.05) is 0 Å². The van der Waals surface area contributed by atoms with Gasteiger partial charge in [0.15, 0.2) is 6.29 Å². The third kappa shape index (κ3) is 4.82. The molecule has 4 rings (SSSR count). The number of carbonyl (C=O) groups is 1. The zero-order valence-corrected chi connectivity index (χ0v) is 17.1. The van der Waals surface area contributed by atoms with E-state index < -0.39 is 0 Å². The molecule has 2 atom stereocenters. The largest absolute Gasteiger partial charge is 0.372 e. The van der Waals surface area contributed by atoms with Crippen molar-refractivity contribution in [3.05, 3.63) is 24.0 Å². The molecule has 3 fully saturated rings. The van der Waals surface area contributed by atoms with Gasteiger partial charge in [0, 0.05) is 37.8 Å². The first-order valence-corrected chi connectivity index (χ1v) is 10.5. The first-order chi connectivity index (χ1) is 14.0. The summed E-state index contributed by atoms with van der Waals surface area (Å²) in [6.07, 6.45) is 1.67. The highest BCUT2D eigenvalue weighted by molar-refractivity contribution is 5.89. The van der Waals surface area contributed by atoms with Crippen molar-refractivity contribution in [3.8, 4) is 0 Å². The van der Waals surface area contributed by atoms with Gasteiger partial charge in [-0.25, -0.2) is 9.18 Å². The van der Waals surface area contributed by atoms with E-state index in [1.165, 1.54) is 6.07 Å². The molecule has 0 spiro atoms. The quantitative estimate of drug-likeness (QED) is 0.835. The minimum Gasteiger partial charge on any atom is -0.372 e. The van der Waals surface area contributed by atoms with Gasteiger partial charge >= 0.3 is 6.03 Å². The van der Waals surface area contributed by atoms with Crippen LogP contribution in [0.3, 0.4) is 0 Å². The van der Waals surface area contributed by atoms with E-state index in [0.717, 1.165) is 12.8 Å². The molecular formula is C21H30FN3O4. The average molecular weight is 407 g/mol. The minimum atomic E-state index is -0.335. The van der Waals surface area contributed by atoms with Crippen LogP contribution in [0.2, 0.25) is 0 Å². The highest BCUT2D eigenvalue weighted by Gasteiger charge is 2.32. The van der Waals surface area contributed by atoms with Gasteiger partial charge < -0.3 is 29.3 Å². The van der Waals surface area contributed by atoms with Gasteiger partial charge in [0.2, 0.25) is 0 Å². The summed E-state index contributed by atoms with van der Waals surface area (Å²) in [5, 5.41) is 2.83. The Hall–Kier alpha value is -1.90. The monoisotopic (exact) mass is 407 g/mol. The molecule has 1 N–H and O–H groups in total. The number of halogens is 1. The first kappa shape index (κ1) is 20.4. The van der Waals surface area contributed by atoms with Crippen LogP contribution in [0.15, 0.2) is 18.2 Å². The van der Waals surface area contributed by atoms with Crippen molar-refractivity contribution in [1.29, 1.82) is 0 Å². The number of benzene rings is 1. The fourth-order valence-electron chi connectivity index (χ4n) is 4.44. The maximum Gasteiger partial charge on any atom is 0.321 e. The van der Waals surface area contributed by atoms with Gasteiger partial charge in [-0.2, -0.15) is 0 Å². The van der Waals surface area contributed by atoms with Crippen molar-refractivity contribution < 1.29 is 23.4 Å². The van der Waals surface area contributed by atoms with E-state index in [9.17, 15) is 9.18 Å². The van der Waals surface area contributed by atoms with Gasteiger partial charge in [0.25, 0.3) is 0 Å². The number of morpholine rings is 1. The second-order valence-electron chi connectivity index (χ2n) is 8.19. The summed E-state index contributed by atoms with van der Waals surface area (Å²) in [7, 11) is 0. The number of nitrogens with zero attached hydrogens (tertiary/aromatic N) is 2. The number of rotatable bonds is 3. The predicted molar refractivity (Wildman–Crippen MR) is 108 cm³/mol. The van der Waals surface area contributed by atoms with Crippen molar-refractivity contribution in [2.24, 2.45) is 5.92 Å². The lowest BCUT2D eigenvalue weighted by Crippen LogP contribution is -2.45. The molecule has 0 bridgehead atoms. The fraction of sp³-hybridized carbons (Fsp3) is 0.667. The summed E-state index contributed by atoms with van der Waals surface area (Å²) in [5.74, 6) is -0.00470. The van der Waals surface area contributed by atoms with Crippen LogP contribution in [0.4, 0.5) is 20.6 Å². The number of amides is 2. The Bertz CT molecular complexity index is 710. The highest BCUT2D eigenvalue weighted by atomic mass is 19.1. The van der Waals surface area contributed by atoms with Crippen molar-refractivity contribution in [3.63, 3.8) is 0 Å². The van der Waals surface area contributed by atoms with Crippen molar-refractivity contribution >= 4 is 17.4 Å². The van der Waals surface area contributed by atoms with Crippen LogP contribution in [-0.4, -0.2) is 68.8 Å². The Morgan fingerprint density at radius 2 is 1.76 bits per heavy atom. The van der Waals surface area contributed by atoms with Gasteiger partial charge in [0.05, 0.1) is 31.1 Å². The second kappa shape index (κ2) is 8.85. The SMILES string of the molecule is C[C@H]1CN(c2ccc(NC(=O)N3CCC(C4OCCO4)CC3)cc2F)C[C@H](C)O1.